The predicted octanol–water partition coefficient (Wildman–Crippen LogP) is 0.945. The lowest BCUT2D eigenvalue weighted by molar-refractivity contribution is -0.133. The standard InChI is InChI=1S/C11H21N5O2/c1-8(2)9-7-11(10(12)17,3-6-18-9)14-4-5-15-16-13/h8-9,14H,3-7H2,1-2H3,(H2,12,17). The summed E-state index contributed by atoms with van der Waals surface area (Å²) in [4.78, 5) is 14.4. The van der Waals surface area contributed by atoms with Gasteiger partial charge in [0, 0.05) is 31.0 Å². The minimum atomic E-state index is -0.738. The van der Waals surface area contributed by atoms with Crippen molar-refractivity contribution in [1.82, 2.24) is 5.32 Å². The number of amides is 1. The van der Waals surface area contributed by atoms with E-state index in [-0.39, 0.29) is 12.0 Å². The van der Waals surface area contributed by atoms with E-state index in [0.29, 0.717) is 38.5 Å². The van der Waals surface area contributed by atoms with Crippen LogP contribution in [0.2, 0.25) is 0 Å². The molecule has 0 aromatic carbocycles. The first-order valence-electron chi connectivity index (χ1n) is 6.19. The molecule has 2 atom stereocenters. The van der Waals surface area contributed by atoms with Gasteiger partial charge >= 0.3 is 0 Å². The van der Waals surface area contributed by atoms with Gasteiger partial charge in [-0.1, -0.05) is 19.0 Å². The van der Waals surface area contributed by atoms with E-state index in [4.69, 9.17) is 16.0 Å². The molecule has 0 aromatic heterocycles. The molecular formula is C11H21N5O2. The molecule has 0 spiro atoms. The molecule has 0 saturated carbocycles. The van der Waals surface area contributed by atoms with E-state index in [1.54, 1.807) is 0 Å². The van der Waals surface area contributed by atoms with Crippen molar-refractivity contribution in [2.24, 2.45) is 16.8 Å². The van der Waals surface area contributed by atoms with Crippen molar-refractivity contribution in [2.45, 2.75) is 38.3 Å². The summed E-state index contributed by atoms with van der Waals surface area (Å²) in [6.45, 7) is 5.38. The quantitative estimate of drug-likeness (QED) is 0.318. The molecule has 0 aromatic rings. The third-order valence-corrected chi connectivity index (χ3v) is 3.36. The molecule has 1 aliphatic heterocycles. The second kappa shape index (κ2) is 6.58. The number of nitrogens with zero attached hydrogens (tertiary/aromatic N) is 3. The average Bonchev–Trinajstić information content (AvgIpc) is 2.35. The highest BCUT2D eigenvalue weighted by molar-refractivity contribution is 5.84. The molecule has 0 radical (unpaired) electrons. The van der Waals surface area contributed by atoms with Gasteiger partial charge in [-0.05, 0) is 17.9 Å². The molecule has 1 rings (SSSR count). The first-order chi connectivity index (χ1) is 8.52. The first-order valence-corrected chi connectivity index (χ1v) is 6.19. The van der Waals surface area contributed by atoms with Gasteiger partial charge in [-0.2, -0.15) is 0 Å². The highest BCUT2D eigenvalue weighted by Crippen LogP contribution is 2.28. The molecule has 18 heavy (non-hydrogen) atoms. The van der Waals surface area contributed by atoms with Crippen molar-refractivity contribution in [3.63, 3.8) is 0 Å². The Bertz CT molecular complexity index is 340. The maximum absolute atomic E-state index is 11.7. The number of azide groups is 1. The van der Waals surface area contributed by atoms with Gasteiger partial charge in [-0.25, -0.2) is 0 Å². The Morgan fingerprint density at radius 3 is 3.00 bits per heavy atom. The molecule has 1 fully saturated rings. The molecule has 0 aliphatic carbocycles. The summed E-state index contributed by atoms with van der Waals surface area (Å²) in [6.07, 6.45) is 1.15. The lowest BCUT2D eigenvalue weighted by Gasteiger charge is -2.40. The molecule has 1 aliphatic rings. The Morgan fingerprint density at radius 1 is 1.72 bits per heavy atom. The smallest absolute Gasteiger partial charge is 0.237 e. The van der Waals surface area contributed by atoms with Gasteiger partial charge < -0.3 is 15.8 Å². The minimum absolute atomic E-state index is 0.0261. The van der Waals surface area contributed by atoms with Crippen molar-refractivity contribution >= 4 is 5.91 Å². The lowest BCUT2D eigenvalue weighted by Crippen LogP contribution is -2.61. The van der Waals surface area contributed by atoms with E-state index in [9.17, 15) is 4.79 Å². The maximum atomic E-state index is 11.7. The lowest BCUT2D eigenvalue weighted by atomic mass is 9.82. The summed E-state index contributed by atoms with van der Waals surface area (Å²) >= 11 is 0. The zero-order chi connectivity index (χ0) is 13.6. The van der Waals surface area contributed by atoms with Crippen molar-refractivity contribution < 1.29 is 9.53 Å². The second-order valence-electron chi connectivity index (χ2n) is 4.93. The summed E-state index contributed by atoms with van der Waals surface area (Å²) in [6, 6.07) is 0. The van der Waals surface area contributed by atoms with Gasteiger partial charge in [0.05, 0.1) is 6.10 Å². The van der Waals surface area contributed by atoms with Gasteiger partial charge in [0.2, 0.25) is 5.91 Å². The summed E-state index contributed by atoms with van der Waals surface area (Å²) < 4.78 is 5.64. The van der Waals surface area contributed by atoms with E-state index in [0.717, 1.165) is 0 Å². The van der Waals surface area contributed by atoms with Crippen LogP contribution in [-0.2, 0) is 9.53 Å². The maximum Gasteiger partial charge on any atom is 0.237 e. The number of rotatable bonds is 6. The van der Waals surface area contributed by atoms with Crippen LogP contribution in [0.1, 0.15) is 26.7 Å². The fourth-order valence-electron chi connectivity index (χ4n) is 2.18. The fraction of sp³-hybridized carbons (Fsp3) is 0.909. The molecule has 3 N–H and O–H groups in total. The molecule has 7 nitrogen and oxygen atoms in total. The SMILES string of the molecule is CC(C)C1CC(NCCN=[N+]=[N-])(C(N)=O)CCO1. The van der Waals surface area contributed by atoms with Crippen LogP contribution in [0.4, 0.5) is 0 Å². The van der Waals surface area contributed by atoms with E-state index in [1.807, 2.05) is 0 Å². The number of carbonyl (C=O) groups excluding carboxylic acids is 1. The molecule has 2 unspecified atom stereocenters. The number of nitrogens with two attached hydrogens (primary N) is 1. The van der Waals surface area contributed by atoms with Crippen molar-refractivity contribution in [3.05, 3.63) is 10.4 Å². The van der Waals surface area contributed by atoms with Crippen molar-refractivity contribution in [3.8, 4) is 0 Å². The number of primary amides is 1. The average molecular weight is 255 g/mol. The highest BCUT2D eigenvalue weighted by atomic mass is 16.5. The third kappa shape index (κ3) is 3.60. The van der Waals surface area contributed by atoms with Crippen molar-refractivity contribution in [1.29, 1.82) is 0 Å². The molecular weight excluding hydrogens is 234 g/mol. The van der Waals surface area contributed by atoms with Crippen LogP contribution in [0.15, 0.2) is 5.11 Å². The topological polar surface area (TPSA) is 113 Å². The van der Waals surface area contributed by atoms with Crippen molar-refractivity contribution in [2.75, 3.05) is 19.7 Å². The Kier molecular flexibility index (Phi) is 5.40. The fourth-order valence-corrected chi connectivity index (χ4v) is 2.18. The highest BCUT2D eigenvalue weighted by Gasteiger charge is 2.42. The molecule has 0 bridgehead atoms. The van der Waals surface area contributed by atoms with Crippen LogP contribution in [-0.4, -0.2) is 37.2 Å². The summed E-state index contributed by atoms with van der Waals surface area (Å²) in [5.74, 6) is -0.0275. The largest absolute Gasteiger partial charge is 0.378 e. The van der Waals surface area contributed by atoms with Gasteiger partial charge in [-0.15, -0.1) is 0 Å². The number of carbonyl (C=O) groups is 1. The summed E-state index contributed by atoms with van der Waals surface area (Å²) in [5.41, 5.74) is 13.0. The Labute approximate surface area is 107 Å². The molecule has 7 heteroatoms. The number of hydrogen-bond acceptors (Lipinski definition) is 4. The minimum Gasteiger partial charge on any atom is -0.378 e. The van der Waals surface area contributed by atoms with E-state index in [1.165, 1.54) is 0 Å². The second-order valence-corrected chi connectivity index (χ2v) is 4.93. The van der Waals surface area contributed by atoms with Crippen LogP contribution in [0.5, 0.6) is 0 Å². The third-order valence-electron chi connectivity index (χ3n) is 3.36. The van der Waals surface area contributed by atoms with Crippen LogP contribution in [0.3, 0.4) is 0 Å². The molecule has 1 saturated heterocycles. The molecule has 102 valence electrons. The van der Waals surface area contributed by atoms with Gasteiger partial charge in [0.1, 0.15) is 5.54 Å². The first kappa shape index (κ1) is 14.8. The van der Waals surface area contributed by atoms with E-state index in [2.05, 4.69) is 29.2 Å². The van der Waals surface area contributed by atoms with Gasteiger partial charge in [-0.3, -0.25) is 4.79 Å². The molecule has 1 heterocycles. The van der Waals surface area contributed by atoms with E-state index >= 15 is 0 Å². The Hall–Kier alpha value is -1.30. The normalized spacial score (nSPS) is 27.8. The van der Waals surface area contributed by atoms with Gasteiger partial charge in [0.25, 0.3) is 0 Å². The summed E-state index contributed by atoms with van der Waals surface area (Å²) in [5, 5.41) is 6.57. The predicted molar refractivity (Wildman–Crippen MR) is 67.8 cm³/mol. The number of ether oxygens (including phenoxy) is 1. The van der Waals surface area contributed by atoms with Crippen LogP contribution >= 0.6 is 0 Å². The Balaban J connectivity index is 2.67. The van der Waals surface area contributed by atoms with Crippen LogP contribution < -0.4 is 11.1 Å². The Morgan fingerprint density at radius 2 is 2.44 bits per heavy atom. The van der Waals surface area contributed by atoms with Gasteiger partial charge in [0.15, 0.2) is 0 Å². The zero-order valence-corrected chi connectivity index (χ0v) is 10.9. The van der Waals surface area contributed by atoms with Crippen LogP contribution in [0.25, 0.3) is 10.4 Å². The monoisotopic (exact) mass is 255 g/mol. The molecule has 1 amide bonds. The number of nitrogens with one attached hydrogen (secondary N) is 1. The van der Waals surface area contributed by atoms with Crippen LogP contribution in [0, 0.1) is 5.92 Å². The van der Waals surface area contributed by atoms with E-state index < -0.39 is 5.54 Å². The summed E-state index contributed by atoms with van der Waals surface area (Å²) in [7, 11) is 0. The zero-order valence-electron chi connectivity index (χ0n) is 10.9. The number of hydrogen-bond donors (Lipinski definition) is 2.